The van der Waals surface area contributed by atoms with Crippen molar-refractivity contribution in [2.24, 2.45) is 0 Å². The molecule has 0 atom stereocenters. The van der Waals surface area contributed by atoms with E-state index in [1.54, 1.807) is 23.9 Å². The number of anilines is 1. The first kappa shape index (κ1) is 9.77. The lowest BCUT2D eigenvalue weighted by molar-refractivity contribution is 0.224. The van der Waals surface area contributed by atoms with Gasteiger partial charge in [-0.3, -0.25) is 4.90 Å². The Hall–Kier alpha value is -1.77. The molecule has 0 spiro atoms. The molecule has 0 bridgehead atoms. The van der Waals surface area contributed by atoms with Crippen molar-refractivity contribution in [1.29, 1.82) is 0 Å². The molecular weight excluding hydrogens is 188 g/mol. The molecule has 2 amide bonds. The number of nitrogens with zero attached hydrogens (tertiary/aromatic N) is 2. The molecule has 0 N–H and O–H groups in total. The van der Waals surface area contributed by atoms with Gasteiger partial charge in [-0.05, 0) is 11.6 Å². The van der Waals surface area contributed by atoms with Gasteiger partial charge in [-0.1, -0.05) is 30.4 Å². The van der Waals surface area contributed by atoms with E-state index in [0.717, 1.165) is 11.3 Å². The predicted molar refractivity (Wildman–Crippen MR) is 61.9 cm³/mol. The molecule has 0 unspecified atom stereocenters. The summed E-state index contributed by atoms with van der Waals surface area (Å²) < 4.78 is 0. The molecule has 0 aliphatic carbocycles. The number of carbonyl (C=O) groups is 1. The number of rotatable bonds is 0. The van der Waals surface area contributed by atoms with E-state index in [-0.39, 0.29) is 6.03 Å². The molecule has 1 aromatic carbocycles. The normalized spacial score (nSPS) is 13.6. The summed E-state index contributed by atoms with van der Waals surface area (Å²) in [6.07, 6.45) is 4.05. The maximum absolute atomic E-state index is 11.9. The van der Waals surface area contributed by atoms with E-state index in [9.17, 15) is 4.79 Å². The van der Waals surface area contributed by atoms with E-state index in [2.05, 4.69) is 6.08 Å². The number of amides is 2. The van der Waals surface area contributed by atoms with Crippen molar-refractivity contribution in [2.45, 2.75) is 0 Å². The maximum Gasteiger partial charge on any atom is 0.324 e. The molecule has 0 fully saturated rings. The third-order valence-electron chi connectivity index (χ3n) is 2.43. The number of para-hydroxylation sites is 1. The van der Waals surface area contributed by atoms with Crippen LogP contribution in [0.4, 0.5) is 10.5 Å². The van der Waals surface area contributed by atoms with Crippen molar-refractivity contribution in [3.63, 3.8) is 0 Å². The van der Waals surface area contributed by atoms with Crippen LogP contribution in [-0.2, 0) is 0 Å². The van der Waals surface area contributed by atoms with E-state index in [0.29, 0.717) is 6.54 Å². The van der Waals surface area contributed by atoms with E-state index < -0.39 is 0 Å². The molecule has 1 aliphatic heterocycles. The van der Waals surface area contributed by atoms with Crippen LogP contribution in [-0.4, -0.2) is 31.6 Å². The van der Waals surface area contributed by atoms with Gasteiger partial charge in [-0.15, -0.1) is 0 Å². The lowest BCUT2D eigenvalue weighted by Crippen LogP contribution is -2.40. The molecule has 3 heteroatoms. The summed E-state index contributed by atoms with van der Waals surface area (Å²) >= 11 is 0. The Labute approximate surface area is 89.6 Å². The topological polar surface area (TPSA) is 23.6 Å². The Balaban J connectivity index is 2.38. The summed E-state index contributed by atoms with van der Waals surface area (Å²) in [5.41, 5.74) is 2.08. The lowest BCUT2D eigenvalue weighted by Gasteiger charge is -2.28. The number of hydrogen-bond acceptors (Lipinski definition) is 1. The van der Waals surface area contributed by atoms with Crippen molar-refractivity contribution in [3.8, 4) is 0 Å². The van der Waals surface area contributed by atoms with Gasteiger partial charge in [0, 0.05) is 20.6 Å². The van der Waals surface area contributed by atoms with Crippen molar-refractivity contribution in [2.75, 3.05) is 25.5 Å². The van der Waals surface area contributed by atoms with Gasteiger partial charge in [0.1, 0.15) is 0 Å². The number of hydrogen-bond donors (Lipinski definition) is 0. The molecule has 3 nitrogen and oxygen atoms in total. The van der Waals surface area contributed by atoms with Crippen molar-refractivity contribution in [3.05, 3.63) is 35.9 Å². The minimum absolute atomic E-state index is 0.0202. The summed E-state index contributed by atoms with van der Waals surface area (Å²) in [5, 5.41) is 0. The highest BCUT2D eigenvalue weighted by atomic mass is 16.2. The molecule has 15 heavy (non-hydrogen) atoms. The summed E-state index contributed by atoms with van der Waals surface area (Å²) in [5.74, 6) is 0. The molecule has 0 radical (unpaired) electrons. The van der Waals surface area contributed by atoms with E-state index in [1.807, 2.05) is 30.3 Å². The van der Waals surface area contributed by atoms with E-state index in [4.69, 9.17) is 0 Å². The van der Waals surface area contributed by atoms with Crippen LogP contribution in [0.3, 0.4) is 0 Å². The van der Waals surface area contributed by atoms with Crippen molar-refractivity contribution < 1.29 is 4.79 Å². The average Bonchev–Trinajstić information content (AvgIpc) is 2.27. The van der Waals surface area contributed by atoms with Crippen LogP contribution >= 0.6 is 0 Å². The van der Waals surface area contributed by atoms with Crippen molar-refractivity contribution in [1.82, 2.24) is 4.90 Å². The van der Waals surface area contributed by atoms with E-state index in [1.165, 1.54) is 0 Å². The Kier molecular flexibility index (Phi) is 2.46. The summed E-state index contributed by atoms with van der Waals surface area (Å²) in [4.78, 5) is 15.2. The van der Waals surface area contributed by atoms with Crippen molar-refractivity contribution >= 4 is 17.8 Å². The predicted octanol–water partition coefficient (Wildman–Crippen LogP) is 2.20. The van der Waals surface area contributed by atoms with Crippen LogP contribution in [0.2, 0.25) is 0 Å². The number of fused-ring (bicyclic) bond motifs is 1. The summed E-state index contributed by atoms with van der Waals surface area (Å²) in [6, 6.07) is 7.94. The van der Waals surface area contributed by atoms with Crippen LogP contribution in [0.15, 0.2) is 30.3 Å². The highest BCUT2D eigenvalue weighted by Crippen LogP contribution is 2.25. The quantitative estimate of drug-likeness (QED) is 0.632. The highest BCUT2D eigenvalue weighted by Gasteiger charge is 2.20. The Morgan fingerprint density at radius 2 is 2.07 bits per heavy atom. The Morgan fingerprint density at radius 1 is 1.33 bits per heavy atom. The first-order chi connectivity index (χ1) is 7.20. The van der Waals surface area contributed by atoms with Crippen LogP contribution in [0.5, 0.6) is 0 Å². The average molecular weight is 202 g/mol. The molecule has 0 aromatic heterocycles. The summed E-state index contributed by atoms with van der Waals surface area (Å²) in [7, 11) is 3.53. The minimum Gasteiger partial charge on any atom is -0.330 e. The van der Waals surface area contributed by atoms with E-state index >= 15 is 0 Å². The maximum atomic E-state index is 11.9. The van der Waals surface area contributed by atoms with Gasteiger partial charge in [-0.2, -0.15) is 0 Å². The monoisotopic (exact) mass is 202 g/mol. The molecule has 0 saturated heterocycles. The number of carbonyl (C=O) groups excluding carboxylic acids is 1. The largest absolute Gasteiger partial charge is 0.330 e. The molecule has 0 saturated carbocycles. The fourth-order valence-electron chi connectivity index (χ4n) is 1.68. The van der Waals surface area contributed by atoms with Crippen LogP contribution < -0.4 is 4.90 Å². The minimum atomic E-state index is 0.0202. The Morgan fingerprint density at radius 3 is 2.80 bits per heavy atom. The van der Waals surface area contributed by atoms with Gasteiger partial charge in [0.25, 0.3) is 0 Å². The van der Waals surface area contributed by atoms with Gasteiger partial charge < -0.3 is 4.90 Å². The zero-order valence-electron chi connectivity index (χ0n) is 8.97. The van der Waals surface area contributed by atoms with Gasteiger partial charge in [0.05, 0.1) is 5.69 Å². The van der Waals surface area contributed by atoms with Gasteiger partial charge in [-0.25, -0.2) is 4.79 Å². The third kappa shape index (κ3) is 1.73. The van der Waals surface area contributed by atoms with Crippen LogP contribution in [0, 0.1) is 0 Å². The van der Waals surface area contributed by atoms with Gasteiger partial charge in [0.2, 0.25) is 0 Å². The molecule has 1 aliphatic rings. The lowest BCUT2D eigenvalue weighted by atomic mass is 10.1. The fourth-order valence-corrected chi connectivity index (χ4v) is 1.68. The van der Waals surface area contributed by atoms with Crippen LogP contribution in [0.1, 0.15) is 5.56 Å². The second-order valence-electron chi connectivity index (χ2n) is 3.75. The summed E-state index contributed by atoms with van der Waals surface area (Å²) in [6.45, 7) is 0.647. The molecule has 1 heterocycles. The highest BCUT2D eigenvalue weighted by molar-refractivity contribution is 5.95. The zero-order valence-corrected chi connectivity index (χ0v) is 8.97. The molecule has 78 valence electrons. The van der Waals surface area contributed by atoms with Gasteiger partial charge >= 0.3 is 6.03 Å². The first-order valence-electron chi connectivity index (χ1n) is 4.94. The smallest absolute Gasteiger partial charge is 0.324 e. The SMILES string of the molecule is CN(C)C(=O)N1CC=Cc2ccccc21. The third-order valence-corrected chi connectivity index (χ3v) is 2.43. The first-order valence-corrected chi connectivity index (χ1v) is 4.94. The Bertz CT molecular complexity index is 410. The fraction of sp³-hybridized carbons (Fsp3) is 0.250. The second-order valence-corrected chi connectivity index (χ2v) is 3.75. The van der Waals surface area contributed by atoms with Crippen LogP contribution in [0.25, 0.3) is 6.08 Å². The van der Waals surface area contributed by atoms with Gasteiger partial charge in [0.15, 0.2) is 0 Å². The molecule has 1 aromatic rings. The zero-order chi connectivity index (χ0) is 10.8. The second kappa shape index (κ2) is 3.77. The standard InChI is InChI=1S/C12H14N2O/c1-13(2)12(15)14-9-5-7-10-6-3-4-8-11(10)14/h3-8H,9H2,1-2H3. The molecule has 2 rings (SSSR count). The number of benzene rings is 1. The molecular formula is C12H14N2O. The number of urea groups is 1.